The van der Waals surface area contributed by atoms with E-state index in [0.717, 1.165) is 48.1 Å². The van der Waals surface area contributed by atoms with E-state index in [1.165, 1.54) is 38.3 Å². The number of fused-ring (bicyclic) bond motifs is 4. The molecule has 24 nitrogen and oxygen atoms in total. The lowest BCUT2D eigenvalue weighted by Crippen LogP contribution is -2.56. The Labute approximate surface area is 455 Å². The minimum atomic E-state index is -1.42. The van der Waals surface area contributed by atoms with E-state index in [2.05, 4.69) is 40.0 Å². The van der Waals surface area contributed by atoms with Crippen LogP contribution in [0.5, 0.6) is 17.2 Å². The Kier molecular flexibility index (Phi) is 17.6. The second kappa shape index (κ2) is 24.5. The number of nitro groups is 1. The predicted octanol–water partition coefficient (Wildman–Crippen LogP) is 4.50. The molecule has 410 valence electrons. The van der Waals surface area contributed by atoms with Crippen LogP contribution in [0.4, 0.5) is 5.69 Å². The highest BCUT2D eigenvalue weighted by Crippen LogP contribution is 2.41. The van der Waals surface area contributed by atoms with Gasteiger partial charge in [-0.2, -0.15) is 0 Å². The summed E-state index contributed by atoms with van der Waals surface area (Å²) in [6.07, 6.45) is -0.529. The maximum atomic E-state index is 14.0. The molecule has 26 heteroatoms. The third-order valence-corrected chi connectivity index (χ3v) is 14.7. The van der Waals surface area contributed by atoms with Crippen LogP contribution in [0, 0.1) is 30.9 Å². The number of aryl methyl sites for hydroxylation is 2. The van der Waals surface area contributed by atoms with Gasteiger partial charge in [-0.05, 0) is 82.9 Å². The number of benzene rings is 3. The Morgan fingerprint density at radius 1 is 0.885 bits per heavy atom. The van der Waals surface area contributed by atoms with Crippen LogP contribution in [-0.2, 0) is 28.7 Å². The number of halogens is 1. The average molecular weight is 1110 g/mol. The van der Waals surface area contributed by atoms with E-state index in [4.69, 9.17) is 41.3 Å². The molecule has 3 aliphatic heterocycles. The molecule has 5 heterocycles. The van der Waals surface area contributed by atoms with Crippen LogP contribution in [0.15, 0.2) is 59.6 Å². The molecule has 8 rings (SSSR count). The van der Waals surface area contributed by atoms with Crippen molar-refractivity contribution < 1.29 is 57.4 Å². The summed E-state index contributed by atoms with van der Waals surface area (Å²) in [7, 11) is 1.29. The second-order valence-electron chi connectivity index (χ2n) is 18.4. The molecular weight excluding hydrogens is 1050 g/mol. The van der Waals surface area contributed by atoms with Gasteiger partial charge in [0, 0.05) is 53.6 Å². The number of nitrogens with two attached hydrogens (primary N) is 1. The van der Waals surface area contributed by atoms with E-state index in [1.807, 2.05) is 23.6 Å². The van der Waals surface area contributed by atoms with Gasteiger partial charge in [0.05, 0.1) is 53.0 Å². The second-order valence-corrected chi connectivity index (χ2v) is 20.0. The van der Waals surface area contributed by atoms with Crippen molar-refractivity contribution in [3.63, 3.8) is 0 Å². The number of ether oxygens (including phenoxy) is 4. The number of aromatic nitrogens is 3. The number of aliphatic imine (C=N–C) groups is 1. The quantitative estimate of drug-likeness (QED) is 0.0303. The number of thiophene rings is 1. The SMILES string of the molecule is COc1cc(C(C)OCN2C(=O)CCC(N3C(=O)c4cccc(OCC(=O)NCCCCNC(=O)C[C@@H]5N=C(c6ccc(Cl)cc6)c6c(sc(C)c6C)-n6c(C)nnc65)c4C3=O)C2=O)c([N+](=O)[O-])cc1OCC(=O)NCCN. The molecule has 0 spiro atoms. The Balaban J connectivity index is 0.820. The van der Waals surface area contributed by atoms with Crippen molar-refractivity contribution in [1.29, 1.82) is 0 Å². The third kappa shape index (κ3) is 11.9. The summed E-state index contributed by atoms with van der Waals surface area (Å²) in [4.78, 5) is 113. The van der Waals surface area contributed by atoms with Crippen molar-refractivity contribution in [3.05, 3.63) is 120 Å². The van der Waals surface area contributed by atoms with Crippen LogP contribution in [0.1, 0.15) is 111 Å². The number of imide groups is 2. The first-order valence-corrected chi connectivity index (χ1v) is 26.1. The zero-order valence-corrected chi connectivity index (χ0v) is 44.8. The normalized spacial score (nSPS) is 16.2. The number of methoxy groups -OCH3 is 1. The van der Waals surface area contributed by atoms with Crippen LogP contribution >= 0.6 is 22.9 Å². The summed E-state index contributed by atoms with van der Waals surface area (Å²) in [6.45, 7) is 6.67. The molecule has 2 unspecified atom stereocenters. The molecule has 7 amide bonds. The zero-order valence-electron chi connectivity index (χ0n) is 43.2. The fourth-order valence-corrected chi connectivity index (χ4v) is 10.5. The maximum absolute atomic E-state index is 14.0. The highest BCUT2D eigenvalue weighted by atomic mass is 35.5. The summed E-state index contributed by atoms with van der Waals surface area (Å²) >= 11 is 7.85. The van der Waals surface area contributed by atoms with Crippen molar-refractivity contribution in [3.8, 4) is 22.2 Å². The summed E-state index contributed by atoms with van der Waals surface area (Å²) in [6, 6.07) is 12.0. The van der Waals surface area contributed by atoms with Crippen molar-refractivity contribution in [2.24, 2.45) is 10.7 Å². The number of nitro benzene ring substituents is 1. The fraction of sp³-hybridized carbons (Fsp3) is 0.385. The number of likely N-dealkylation sites (tertiary alicyclic amines) is 1. The van der Waals surface area contributed by atoms with E-state index in [1.54, 1.807) is 23.5 Å². The van der Waals surface area contributed by atoms with Crippen LogP contribution in [-0.4, -0.2) is 136 Å². The van der Waals surface area contributed by atoms with E-state index in [-0.39, 0.29) is 78.7 Å². The lowest BCUT2D eigenvalue weighted by molar-refractivity contribution is -0.386. The fourth-order valence-electron chi connectivity index (χ4n) is 9.16. The molecule has 3 aliphatic rings. The van der Waals surface area contributed by atoms with Crippen LogP contribution in [0.25, 0.3) is 5.00 Å². The van der Waals surface area contributed by atoms with E-state index < -0.39 is 84.2 Å². The van der Waals surface area contributed by atoms with Crippen molar-refractivity contribution in [2.75, 3.05) is 53.2 Å². The van der Waals surface area contributed by atoms with Gasteiger partial charge in [-0.1, -0.05) is 29.8 Å². The number of rotatable bonds is 23. The minimum Gasteiger partial charge on any atom is -0.493 e. The Bertz CT molecular complexity index is 3230. The number of carbonyl (C=O) groups is 7. The molecule has 5 N–H and O–H groups in total. The summed E-state index contributed by atoms with van der Waals surface area (Å²) in [5.41, 5.74) is 8.31. The predicted molar refractivity (Wildman–Crippen MR) is 282 cm³/mol. The molecule has 0 saturated carbocycles. The average Bonchev–Trinajstić information content (AvgIpc) is 4.21. The summed E-state index contributed by atoms with van der Waals surface area (Å²) in [5, 5.41) is 30.7. The molecule has 1 fully saturated rings. The number of hydrogen-bond acceptors (Lipinski definition) is 18. The van der Waals surface area contributed by atoms with Crippen LogP contribution < -0.4 is 35.9 Å². The maximum Gasteiger partial charge on any atom is 0.279 e. The molecule has 5 aromatic rings. The minimum absolute atomic E-state index is 0.0115. The zero-order chi connectivity index (χ0) is 55.9. The smallest absolute Gasteiger partial charge is 0.279 e. The van der Waals surface area contributed by atoms with Gasteiger partial charge in [0.25, 0.3) is 35.2 Å². The number of nitrogens with zero attached hydrogens (tertiary/aromatic N) is 7. The molecule has 3 atom stereocenters. The van der Waals surface area contributed by atoms with Gasteiger partial charge in [0.1, 0.15) is 35.4 Å². The Morgan fingerprint density at radius 3 is 2.24 bits per heavy atom. The Morgan fingerprint density at radius 2 is 1.56 bits per heavy atom. The molecule has 78 heavy (non-hydrogen) atoms. The molecule has 0 radical (unpaired) electrons. The van der Waals surface area contributed by atoms with Gasteiger partial charge in [0.15, 0.2) is 30.5 Å². The largest absolute Gasteiger partial charge is 0.493 e. The van der Waals surface area contributed by atoms with Crippen molar-refractivity contribution in [1.82, 2.24) is 40.5 Å². The highest BCUT2D eigenvalue weighted by molar-refractivity contribution is 7.15. The molecular formula is C52H56ClN11O13S. The van der Waals surface area contributed by atoms with E-state index >= 15 is 0 Å². The first-order valence-electron chi connectivity index (χ1n) is 24.9. The number of carbonyl (C=O) groups excluding carboxylic acids is 7. The molecule has 3 aromatic carbocycles. The van der Waals surface area contributed by atoms with Gasteiger partial charge >= 0.3 is 0 Å². The molecule has 0 aliphatic carbocycles. The number of hydrogen-bond donors (Lipinski definition) is 4. The molecule has 1 saturated heterocycles. The first kappa shape index (κ1) is 56.1. The lowest BCUT2D eigenvalue weighted by atomic mass is 9.99. The monoisotopic (exact) mass is 1110 g/mol. The van der Waals surface area contributed by atoms with Crippen molar-refractivity contribution >= 4 is 75.7 Å². The number of piperidine rings is 1. The third-order valence-electron chi connectivity index (χ3n) is 13.3. The van der Waals surface area contributed by atoms with Gasteiger partial charge < -0.3 is 40.6 Å². The summed E-state index contributed by atoms with van der Waals surface area (Å²) < 4.78 is 24.4. The van der Waals surface area contributed by atoms with Crippen LogP contribution in [0.2, 0.25) is 5.02 Å². The number of amides is 7. The van der Waals surface area contributed by atoms with E-state index in [9.17, 15) is 43.7 Å². The molecule has 0 bridgehead atoms. The van der Waals surface area contributed by atoms with Gasteiger partial charge in [-0.3, -0.25) is 63.0 Å². The van der Waals surface area contributed by atoms with Gasteiger partial charge in [0.2, 0.25) is 11.8 Å². The van der Waals surface area contributed by atoms with Crippen molar-refractivity contribution in [2.45, 2.75) is 78.0 Å². The van der Waals surface area contributed by atoms with Gasteiger partial charge in [-0.25, -0.2) is 0 Å². The standard InChI is InChI=1S/C52H56ClN11O13S/c1-27-29(3)78-52-45(27)47(31-11-13-32(53)14-12-31)58-35(48-60-59-30(4)62(48)52)22-41(65)55-18-6-7-19-56-42(66)24-75-38-10-8-9-33-46(38)51(71)63(49(33)69)36-15-16-44(68)61(50(36)70)26-77-28(2)34-21-39(74-5)40(23-37(34)64(72)73)76-25-43(67)57-20-17-54/h8-14,21,23,28,35-36H,6-7,15-20,22,24-26,54H2,1-5H3,(H,55,65)(H,56,66)(H,57,67)/t28?,35-,36?/m0/s1. The number of unbranched alkanes of at least 4 members (excludes halogenated alkanes) is 1. The van der Waals surface area contributed by atoms with Crippen LogP contribution in [0.3, 0.4) is 0 Å². The topological polar surface area (TPSA) is 311 Å². The number of nitrogens with one attached hydrogen (secondary N) is 3. The van der Waals surface area contributed by atoms with E-state index in [0.29, 0.717) is 36.1 Å². The Hall–Kier alpha value is -8.13. The molecule has 2 aromatic heterocycles. The van der Waals surface area contributed by atoms with Gasteiger partial charge in [-0.15, -0.1) is 21.5 Å². The summed E-state index contributed by atoms with van der Waals surface area (Å²) in [5.74, 6) is -3.46. The highest BCUT2D eigenvalue weighted by Gasteiger charge is 2.48. The first-order chi connectivity index (χ1) is 37.4. The lowest BCUT2D eigenvalue weighted by Gasteiger charge is -2.34.